The van der Waals surface area contributed by atoms with Gasteiger partial charge in [0.25, 0.3) is 5.91 Å². The Labute approximate surface area is 174 Å². The predicted octanol–water partition coefficient (Wildman–Crippen LogP) is 5.65. The molecule has 3 aromatic heterocycles. The van der Waals surface area contributed by atoms with Crippen LogP contribution in [0.15, 0.2) is 41.9 Å². The lowest BCUT2D eigenvalue weighted by atomic mass is 9.96. The molecule has 1 N–H and O–H groups in total. The summed E-state index contributed by atoms with van der Waals surface area (Å²) in [6, 6.07) is 9.98. The number of hydrogen-bond donors (Lipinski definition) is 1. The molecule has 4 nitrogen and oxygen atoms in total. The smallest absolute Gasteiger partial charge is 0.266 e. The molecule has 0 aromatic carbocycles. The number of piperidine rings is 1. The predicted molar refractivity (Wildman–Crippen MR) is 118 cm³/mol. The number of carbonyl (C=O) groups excluding carboxylic acids is 1. The first kappa shape index (κ1) is 19.3. The van der Waals surface area contributed by atoms with E-state index >= 15 is 0 Å². The van der Waals surface area contributed by atoms with Crippen LogP contribution in [0.25, 0.3) is 0 Å². The van der Waals surface area contributed by atoms with Crippen molar-refractivity contribution in [1.29, 1.82) is 0 Å². The van der Waals surface area contributed by atoms with Crippen LogP contribution < -0.4 is 5.32 Å². The van der Waals surface area contributed by atoms with E-state index in [2.05, 4.69) is 36.2 Å². The van der Waals surface area contributed by atoms with Gasteiger partial charge in [-0.1, -0.05) is 18.6 Å². The third-order valence-corrected chi connectivity index (χ3v) is 7.41. The number of hydrogen-bond acceptors (Lipinski definition) is 5. The second-order valence-corrected chi connectivity index (χ2v) is 9.38. The summed E-state index contributed by atoms with van der Waals surface area (Å²) in [7, 11) is 0. The van der Waals surface area contributed by atoms with Crippen molar-refractivity contribution in [3.8, 4) is 0 Å². The molecule has 0 bridgehead atoms. The summed E-state index contributed by atoms with van der Waals surface area (Å²) in [6.07, 6.45) is 5.57. The monoisotopic (exact) mass is 411 g/mol. The minimum absolute atomic E-state index is 0.0316. The van der Waals surface area contributed by atoms with Crippen molar-refractivity contribution in [2.75, 3.05) is 18.4 Å². The molecule has 3 aromatic rings. The van der Waals surface area contributed by atoms with Crippen LogP contribution >= 0.6 is 22.7 Å². The van der Waals surface area contributed by atoms with E-state index in [-0.39, 0.29) is 11.9 Å². The van der Waals surface area contributed by atoms with E-state index in [1.165, 1.54) is 46.6 Å². The van der Waals surface area contributed by atoms with Gasteiger partial charge in [-0.25, -0.2) is 0 Å². The van der Waals surface area contributed by atoms with Crippen LogP contribution in [0.1, 0.15) is 56.7 Å². The van der Waals surface area contributed by atoms with Crippen LogP contribution in [0.2, 0.25) is 0 Å². The minimum atomic E-state index is -0.0316. The largest absolute Gasteiger partial charge is 0.313 e. The first-order valence-corrected chi connectivity index (χ1v) is 11.4. The highest BCUT2D eigenvalue weighted by atomic mass is 32.1. The number of anilines is 1. The molecular formula is C22H25N3OS2. The van der Waals surface area contributed by atoms with E-state index in [0.29, 0.717) is 0 Å². The lowest BCUT2D eigenvalue weighted by Gasteiger charge is -2.35. The second-order valence-electron chi connectivity index (χ2n) is 7.21. The van der Waals surface area contributed by atoms with Gasteiger partial charge in [-0.15, -0.1) is 22.7 Å². The number of pyridine rings is 1. The summed E-state index contributed by atoms with van der Waals surface area (Å²) in [4.78, 5) is 22.0. The van der Waals surface area contributed by atoms with Gasteiger partial charge in [0.15, 0.2) is 0 Å². The topological polar surface area (TPSA) is 45.2 Å². The van der Waals surface area contributed by atoms with Gasteiger partial charge in [-0.3, -0.25) is 14.7 Å². The molecular weight excluding hydrogens is 386 g/mol. The number of thiophene rings is 2. The number of likely N-dealkylation sites (tertiary alicyclic amines) is 1. The maximum atomic E-state index is 12.8. The molecule has 1 unspecified atom stereocenters. The molecule has 0 radical (unpaired) electrons. The molecule has 4 rings (SSSR count). The van der Waals surface area contributed by atoms with Gasteiger partial charge >= 0.3 is 0 Å². The Bertz CT molecular complexity index is 928. The van der Waals surface area contributed by atoms with Gasteiger partial charge in [0, 0.05) is 16.6 Å². The van der Waals surface area contributed by atoms with E-state index < -0.39 is 0 Å². The zero-order valence-corrected chi connectivity index (χ0v) is 17.9. The first-order valence-electron chi connectivity index (χ1n) is 9.75. The number of aryl methyl sites for hydroxylation is 1. The van der Waals surface area contributed by atoms with E-state index in [9.17, 15) is 4.79 Å². The molecule has 1 aliphatic heterocycles. The highest BCUT2D eigenvalue weighted by Crippen LogP contribution is 2.42. The molecule has 146 valence electrons. The van der Waals surface area contributed by atoms with Gasteiger partial charge < -0.3 is 5.32 Å². The number of nitrogens with one attached hydrogen (secondary N) is 1. The molecule has 0 aliphatic carbocycles. The van der Waals surface area contributed by atoms with Gasteiger partial charge in [0.05, 0.1) is 16.6 Å². The third-order valence-electron chi connectivity index (χ3n) is 5.40. The lowest BCUT2D eigenvalue weighted by molar-refractivity contribution is 0.103. The van der Waals surface area contributed by atoms with Crippen LogP contribution in [-0.4, -0.2) is 28.9 Å². The van der Waals surface area contributed by atoms with Gasteiger partial charge in [-0.2, -0.15) is 0 Å². The van der Waals surface area contributed by atoms with E-state index in [4.69, 9.17) is 4.98 Å². The Morgan fingerprint density at radius 3 is 2.64 bits per heavy atom. The fraction of sp³-hybridized carbons (Fsp3) is 0.364. The van der Waals surface area contributed by atoms with Crippen molar-refractivity contribution in [2.45, 2.75) is 39.2 Å². The van der Waals surface area contributed by atoms with Crippen molar-refractivity contribution >= 4 is 33.6 Å². The number of nitrogens with zero attached hydrogens (tertiary/aromatic N) is 2. The second kappa shape index (κ2) is 8.55. The average molecular weight is 412 g/mol. The Hall–Kier alpha value is -2.02. The maximum absolute atomic E-state index is 12.8. The van der Waals surface area contributed by atoms with Crippen LogP contribution in [0.4, 0.5) is 5.00 Å². The summed E-state index contributed by atoms with van der Waals surface area (Å²) >= 11 is 3.14. The number of aromatic nitrogens is 1. The molecule has 0 spiro atoms. The third kappa shape index (κ3) is 3.90. The van der Waals surface area contributed by atoms with E-state index in [0.717, 1.165) is 28.7 Å². The number of rotatable bonds is 5. The fourth-order valence-corrected chi connectivity index (χ4v) is 5.58. The van der Waals surface area contributed by atoms with Crippen molar-refractivity contribution in [2.24, 2.45) is 0 Å². The molecule has 1 amide bonds. The van der Waals surface area contributed by atoms with Gasteiger partial charge in [0.1, 0.15) is 5.00 Å². The highest BCUT2D eigenvalue weighted by molar-refractivity contribution is 7.17. The normalized spacial score (nSPS) is 16.1. The lowest BCUT2D eigenvalue weighted by Crippen LogP contribution is -2.35. The summed E-state index contributed by atoms with van der Waals surface area (Å²) < 4.78 is 0. The zero-order valence-electron chi connectivity index (χ0n) is 16.3. The summed E-state index contributed by atoms with van der Waals surface area (Å²) in [5.41, 5.74) is 3.51. The summed E-state index contributed by atoms with van der Waals surface area (Å²) in [6.45, 7) is 6.43. The van der Waals surface area contributed by atoms with E-state index in [1.54, 1.807) is 11.3 Å². The highest BCUT2D eigenvalue weighted by Gasteiger charge is 2.31. The zero-order chi connectivity index (χ0) is 19.5. The maximum Gasteiger partial charge on any atom is 0.266 e. The molecule has 4 heterocycles. The first-order chi connectivity index (χ1) is 13.6. The van der Waals surface area contributed by atoms with Crippen molar-refractivity contribution in [3.63, 3.8) is 0 Å². The van der Waals surface area contributed by atoms with Gasteiger partial charge in [0.2, 0.25) is 0 Å². The summed E-state index contributed by atoms with van der Waals surface area (Å²) in [5, 5.41) is 6.09. The van der Waals surface area contributed by atoms with Gasteiger partial charge in [-0.05, 0) is 68.9 Å². The molecule has 1 atom stereocenters. The quantitative estimate of drug-likeness (QED) is 0.590. The number of amides is 1. The summed E-state index contributed by atoms with van der Waals surface area (Å²) in [5.74, 6) is -0.0316. The van der Waals surface area contributed by atoms with Crippen LogP contribution in [0, 0.1) is 13.8 Å². The van der Waals surface area contributed by atoms with Crippen LogP contribution in [-0.2, 0) is 0 Å². The molecule has 28 heavy (non-hydrogen) atoms. The van der Waals surface area contributed by atoms with Crippen LogP contribution in [0.3, 0.4) is 0 Å². The standard InChI is InChI=1S/C22H25N3OS2/c1-15-16(2)28-22(24-21(26)18-10-8-14-27-18)19(15)20(17-9-4-5-11-23-17)25-12-6-3-7-13-25/h4-5,8-11,14,20H,3,6-7,12-13H2,1-2H3,(H,24,26). The molecule has 0 saturated carbocycles. The molecule has 1 saturated heterocycles. The SMILES string of the molecule is Cc1sc(NC(=O)c2cccs2)c(C(c2ccccn2)N2CCCCC2)c1C. The molecule has 1 aliphatic rings. The fourth-order valence-electron chi connectivity index (χ4n) is 3.87. The number of carbonyl (C=O) groups is 1. The Kier molecular flexibility index (Phi) is 5.90. The average Bonchev–Trinajstić information content (AvgIpc) is 3.35. The van der Waals surface area contributed by atoms with Crippen LogP contribution in [0.5, 0.6) is 0 Å². The van der Waals surface area contributed by atoms with Crippen molar-refractivity contribution in [1.82, 2.24) is 9.88 Å². The van der Waals surface area contributed by atoms with Crippen molar-refractivity contribution in [3.05, 3.63) is 68.5 Å². The molecule has 1 fully saturated rings. The Morgan fingerprint density at radius 1 is 1.14 bits per heavy atom. The minimum Gasteiger partial charge on any atom is -0.313 e. The Balaban J connectivity index is 1.76. The van der Waals surface area contributed by atoms with Crippen molar-refractivity contribution < 1.29 is 4.79 Å². The molecule has 6 heteroatoms. The Morgan fingerprint density at radius 2 is 1.96 bits per heavy atom. The van der Waals surface area contributed by atoms with E-state index in [1.807, 2.05) is 29.8 Å².